The van der Waals surface area contributed by atoms with Crippen LogP contribution >= 0.6 is 0 Å². The summed E-state index contributed by atoms with van der Waals surface area (Å²) < 4.78 is 40.2. The summed E-state index contributed by atoms with van der Waals surface area (Å²) in [5, 5.41) is 15.1. The number of aliphatic carboxylic acids is 1. The molecule has 0 bridgehead atoms. The van der Waals surface area contributed by atoms with Gasteiger partial charge in [-0.3, -0.25) is 13.9 Å². The van der Waals surface area contributed by atoms with E-state index in [2.05, 4.69) is 10.6 Å². The molecule has 210 valence electrons. The molecule has 1 heterocycles. The average molecular weight is 567 g/mol. The van der Waals surface area contributed by atoms with E-state index in [9.17, 15) is 22.4 Å². The van der Waals surface area contributed by atoms with Crippen LogP contribution in [0.15, 0.2) is 66.7 Å². The SMILES string of the molecule is CN(C)CCCN(c1ccc(N/C(=C2\C(=O)Nc3cc(F)ccc32)c2ccc(CC(=O)O)cc2)cc1)S(C)(=O)=O. The molecule has 4 rings (SSSR count). The molecule has 0 atom stereocenters. The topological polar surface area (TPSA) is 119 Å². The quantitative estimate of drug-likeness (QED) is 0.299. The van der Waals surface area contributed by atoms with E-state index in [1.54, 1.807) is 48.5 Å². The highest BCUT2D eigenvalue weighted by Crippen LogP contribution is 2.38. The lowest BCUT2D eigenvalue weighted by Gasteiger charge is -2.24. The Hall–Kier alpha value is -4.22. The zero-order valence-corrected chi connectivity index (χ0v) is 23.3. The molecule has 0 unspecified atom stereocenters. The summed E-state index contributed by atoms with van der Waals surface area (Å²) in [7, 11) is 0.349. The zero-order valence-electron chi connectivity index (χ0n) is 22.4. The Morgan fingerprint density at radius 1 is 1.00 bits per heavy atom. The molecule has 0 fully saturated rings. The van der Waals surface area contributed by atoms with Gasteiger partial charge in [0.2, 0.25) is 10.0 Å². The van der Waals surface area contributed by atoms with Gasteiger partial charge in [0.05, 0.1) is 35.3 Å². The highest BCUT2D eigenvalue weighted by Gasteiger charge is 2.29. The van der Waals surface area contributed by atoms with Crippen molar-refractivity contribution in [1.82, 2.24) is 4.90 Å². The predicted molar refractivity (Wildman–Crippen MR) is 155 cm³/mol. The van der Waals surface area contributed by atoms with Crippen molar-refractivity contribution in [3.05, 3.63) is 89.2 Å². The molecule has 0 aromatic heterocycles. The Morgan fingerprint density at radius 2 is 1.68 bits per heavy atom. The van der Waals surface area contributed by atoms with Crippen LogP contribution in [0, 0.1) is 5.82 Å². The van der Waals surface area contributed by atoms with E-state index in [1.807, 2.05) is 19.0 Å². The summed E-state index contributed by atoms with van der Waals surface area (Å²) in [6.07, 6.45) is 1.68. The maximum absolute atomic E-state index is 13.9. The lowest BCUT2D eigenvalue weighted by Crippen LogP contribution is -2.32. The van der Waals surface area contributed by atoms with Gasteiger partial charge in [-0.15, -0.1) is 0 Å². The van der Waals surface area contributed by atoms with Crippen molar-refractivity contribution in [3.8, 4) is 0 Å². The molecule has 3 aromatic rings. The molecule has 0 saturated heterocycles. The molecular formula is C29H31FN4O5S. The minimum atomic E-state index is -3.51. The zero-order chi connectivity index (χ0) is 29.0. The fourth-order valence-electron chi connectivity index (χ4n) is 4.51. The number of carboxylic acid groups (broad SMARTS) is 1. The predicted octanol–water partition coefficient (Wildman–Crippen LogP) is 4.10. The second-order valence-corrected chi connectivity index (χ2v) is 11.7. The fourth-order valence-corrected chi connectivity index (χ4v) is 5.47. The van der Waals surface area contributed by atoms with Crippen LogP contribution in [-0.2, 0) is 26.0 Å². The summed E-state index contributed by atoms with van der Waals surface area (Å²) in [6.45, 7) is 1.07. The first-order valence-corrected chi connectivity index (χ1v) is 14.4. The number of fused-ring (bicyclic) bond motifs is 1. The fraction of sp³-hybridized carbons (Fsp3) is 0.241. The highest BCUT2D eigenvalue weighted by molar-refractivity contribution is 7.92. The maximum Gasteiger partial charge on any atom is 0.307 e. The van der Waals surface area contributed by atoms with Crippen molar-refractivity contribution in [2.45, 2.75) is 12.8 Å². The summed E-state index contributed by atoms with van der Waals surface area (Å²) in [5.41, 5.74) is 3.91. The summed E-state index contributed by atoms with van der Waals surface area (Å²) in [4.78, 5) is 26.2. The van der Waals surface area contributed by atoms with Crippen LogP contribution in [0.4, 0.5) is 21.5 Å². The first kappa shape index (κ1) is 28.8. The molecule has 0 radical (unpaired) electrons. The Bertz CT molecular complexity index is 1550. The molecule has 3 aromatic carbocycles. The van der Waals surface area contributed by atoms with E-state index in [-0.39, 0.29) is 6.42 Å². The molecule has 1 aliphatic heterocycles. The van der Waals surface area contributed by atoms with Crippen LogP contribution < -0.4 is 14.9 Å². The number of halogens is 1. The van der Waals surface area contributed by atoms with Gasteiger partial charge in [-0.05, 0) is 80.7 Å². The van der Waals surface area contributed by atoms with Crippen molar-refractivity contribution in [3.63, 3.8) is 0 Å². The number of carboxylic acids is 1. The van der Waals surface area contributed by atoms with Gasteiger partial charge in [0, 0.05) is 17.8 Å². The van der Waals surface area contributed by atoms with Gasteiger partial charge in [0.1, 0.15) is 5.82 Å². The second-order valence-electron chi connectivity index (χ2n) is 9.83. The van der Waals surface area contributed by atoms with Crippen LogP contribution in [0.1, 0.15) is 23.1 Å². The summed E-state index contributed by atoms with van der Waals surface area (Å²) in [6, 6.07) is 17.6. The van der Waals surface area contributed by atoms with Crippen LogP contribution in [-0.4, -0.2) is 63.7 Å². The number of nitrogens with zero attached hydrogens (tertiary/aromatic N) is 2. The first-order valence-electron chi connectivity index (χ1n) is 12.6. The lowest BCUT2D eigenvalue weighted by molar-refractivity contribution is -0.136. The van der Waals surface area contributed by atoms with E-state index in [1.165, 1.54) is 28.8 Å². The minimum Gasteiger partial charge on any atom is -0.481 e. The molecular weight excluding hydrogens is 535 g/mol. The molecule has 1 aliphatic rings. The molecule has 3 N–H and O–H groups in total. The largest absolute Gasteiger partial charge is 0.481 e. The van der Waals surface area contributed by atoms with Crippen molar-refractivity contribution in [2.24, 2.45) is 0 Å². The summed E-state index contributed by atoms with van der Waals surface area (Å²) >= 11 is 0. The number of amides is 1. The Kier molecular flexibility index (Phi) is 8.55. The number of benzene rings is 3. The van der Waals surface area contributed by atoms with E-state index in [0.29, 0.717) is 58.0 Å². The van der Waals surface area contributed by atoms with Crippen molar-refractivity contribution < 1.29 is 27.5 Å². The van der Waals surface area contributed by atoms with Gasteiger partial charge in [-0.25, -0.2) is 12.8 Å². The molecule has 0 aliphatic carbocycles. The maximum atomic E-state index is 13.9. The third-order valence-corrected chi connectivity index (χ3v) is 7.56. The third-order valence-electron chi connectivity index (χ3n) is 6.37. The van der Waals surface area contributed by atoms with Gasteiger partial charge < -0.3 is 20.6 Å². The Balaban J connectivity index is 1.71. The summed E-state index contributed by atoms with van der Waals surface area (Å²) in [5.74, 6) is -1.86. The number of carbonyl (C=O) groups is 2. The van der Waals surface area contributed by atoms with Crippen LogP contribution in [0.5, 0.6) is 0 Å². The molecule has 11 heteroatoms. The van der Waals surface area contributed by atoms with Gasteiger partial charge in [-0.1, -0.05) is 24.3 Å². The average Bonchev–Trinajstić information content (AvgIpc) is 3.19. The van der Waals surface area contributed by atoms with E-state index in [0.717, 1.165) is 6.54 Å². The molecule has 0 spiro atoms. The molecule has 9 nitrogen and oxygen atoms in total. The lowest BCUT2D eigenvalue weighted by atomic mass is 9.98. The standard InChI is InChI=1S/C29H31FN4O5S/c1-33(2)15-4-16-34(40(3,38)39)23-12-10-22(11-13-23)31-28(20-7-5-19(6-8-20)17-26(35)36)27-24-14-9-21(30)18-25(24)32-29(27)37/h5-14,18,31H,4,15-17H2,1-3H3,(H,32,37)(H,35,36)/b28-27-. The smallest absolute Gasteiger partial charge is 0.307 e. The molecule has 40 heavy (non-hydrogen) atoms. The normalized spacial score (nSPS) is 14.1. The Morgan fingerprint density at radius 3 is 2.27 bits per heavy atom. The number of hydrogen-bond acceptors (Lipinski definition) is 6. The van der Waals surface area contributed by atoms with Crippen LogP contribution in [0.25, 0.3) is 11.3 Å². The highest BCUT2D eigenvalue weighted by atomic mass is 32.2. The third kappa shape index (κ3) is 6.85. The van der Waals surface area contributed by atoms with E-state index >= 15 is 0 Å². The van der Waals surface area contributed by atoms with Gasteiger partial charge >= 0.3 is 5.97 Å². The number of carbonyl (C=O) groups excluding carboxylic acids is 1. The van der Waals surface area contributed by atoms with Crippen molar-refractivity contribution in [2.75, 3.05) is 48.4 Å². The number of sulfonamides is 1. The van der Waals surface area contributed by atoms with Crippen LogP contribution in [0.3, 0.4) is 0 Å². The first-order chi connectivity index (χ1) is 18.9. The van der Waals surface area contributed by atoms with E-state index < -0.39 is 27.7 Å². The monoisotopic (exact) mass is 566 g/mol. The van der Waals surface area contributed by atoms with Gasteiger partial charge in [-0.2, -0.15) is 0 Å². The number of hydrogen-bond donors (Lipinski definition) is 3. The molecule has 1 amide bonds. The minimum absolute atomic E-state index is 0.144. The van der Waals surface area contributed by atoms with E-state index in [4.69, 9.17) is 5.11 Å². The molecule has 0 saturated carbocycles. The number of nitrogens with one attached hydrogen (secondary N) is 2. The number of anilines is 3. The van der Waals surface area contributed by atoms with Crippen LogP contribution in [0.2, 0.25) is 0 Å². The Labute approximate surface area is 233 Å². The second kappa shape index (κ2) is 11.9. The van der Waals surface area contributed by atoms with Gasteiger partial charge in [0.15, 0.2) is 0 Å². The van der Waals surface area contributed by atoms with Gasteiger partial charge in [0.25, 0.3) is 5.91 Å². The number of rotatable bonds is 11. The van der Waals surface area contributed by atoms with Crippen molar-refractivity contribution in [1.29, 1.82) is 0 Å². The van der Waals surface area contributed by atoms with Crippen molar-refractivity contribution >= 4 is 50.2 Å².